The van der Waals surface area contributed by atoms with Crippen LogP contribution in [-0.2, 0) is 11.2 Å². The summed E-state index contributed by atoms with van der Waals surface area (Å²) in [4.78, 5) is 18.5. The number of rotatable bonds is 6. The summed E-state index contributed by atoms with van der Waals surface area (Å²) in [6.07, 6.45) is 0.617. The number of aromatic nitrogens is 2. The maximum absolute atomic E-state index is 12.2. The lowest BCUT2D eigenvalue weighted by Crippen LogP contribution is -2.17. The van der Waals surface area contributed by atoms with Crippen LogP contribution in [0.3, 0.4) is 0 Å². The van der Waals surface area contributed by atoms with Crippen LogP contribution in [0.25, 0.3) is 11.4 Å². The minimum Gasteiger partial charge on any atom is -0.376 e. The van der Waals surface area contributed by atoms with Crippen molar-refractivity contribution in [2.75, 3.05) is 24.3 Å². The molecular formula is C17H17ClN4O2S. The van der Waals surface area contributed by atoms with Gasteiger partial charge in [-0.3, -0.25) is 4.79 Å². The third-order valence-corrected chi connectivity index (χ3v) is 4.45. The maximum Gasteiger partial charge on any atom is 0.227 e. The van der Waals surface area contributed by atoms with Crippen LogP contribution in [0.4, 0.5) is 11.4 Å². The lowest BCUT2D eigenvalue weighted by molar-refractivity contribution is -0.116. The van der Waals surface area contributed by atoms with E-state index in [4.69, 9.17) is 16.1 Å². The normalized spacial score (nSPS) is 10.7. The van der Waals surface area contributed by atoms with Gasteiger partial charge in [0.1, 0.15) is 0 Å². The van der Waals surface area contributed by atoms with Crippen LogP contribution in [-0.4, -0.2) is 30.1 Å². The summed E-state index contributed by atoms with van der Waals surface area (Å²) in [5.41, 5.74) is 2.47. The van der Waals surface area contributed by atoms with E-state index >= 15 is 0 Å². The number of aryl methyl sites for hydroxylation is 1. The molecule has 2 heterocycles. The number of carbonyl (C=O) groups excluding carboxylic acids is 1. The van der Waals surface area contributed by atoms with Crippen LogP contribution in [0.15, 0.2) is 39.5 Å². The number of amides is 1. The highest BCUT2D eigenvalue weighted by Gasteiger charge is 2.13. The van der Waals surface area contributed by atoms with Gasteiger partial charge >= 0.3 is 0 Å². The molecule has 1 N–H and O–H groups in total. The van der Waals surface area contributed by atoms with Gasteiger partial charge in [-0.25, -0.2) is 0 Å². The molecule has 0 spiro atoms. The van der Waals surface area contributed by atoms with Gasteiger partial charge in [0.2, 0.25) is 17.6 Å². The fraction of sp³-hybridized carbons (Fsp3) is 0.235. The molecule has 1 amide bonds. The summed E-state index contributed by atoms with van der Waals surface area (Å²) in [7, 11) is 3.81. The van der Waals surface area contributed by atoms with Crippen molar-refractivity contribution in [3.8, 4) is 11.4 Å². The first-order chi connectivity index (χ1) is 12.0. The Hall–Kier alpha value is -2.38. The number of hydrogen-bond acceptors (Lipinski definition) is 6. The predicted octanol–water partition coefficient (Wildman–Crippen LogP) is 4.09. The van der Waals surface area contributed by atoms with Gasteiger partial charge in [-0.05, 0) is 29.6 Å². The second-order valence-corrected chi connectivity index (χ2v) is 6.84. The number of carbonyl (C=O) groups is 1. The summed E-state index contributed by atoms with van der Waals surface area (Å²) in [6.45, 7) is 0. The van der Waals surface area contributed by atoms with Gasteiger partial charge < -0.3 is 14.7 Å². The van der Waals surface area contributed by atoms with Crippen molar-refractivity contribution in [3.63, 3.8) is 0 Å². The second kappa shape index (κ2) is 7.67. The van der Waals surface area contributed by atoms with Crippen LogP contribution < -0.4 is 10.2 Å². The van der Waals surface area contributed by atoms with E-state index in [2.05, 4.69) is 15.5 Å². The standard InChI is InChI=1S/C17H17ClN4O2S/c1-22(2)14-4-3-12(18)9-13(14)19-15(23)5-6-16-20-17(21-24-16)11-7-8-25-10-11/h3-4,7-10H,5-6H2,1-2H3,(H,19,23). The molecule has 0 saturated carbocycles. The number of nitrogens with one attached hydrogen (secondary N) is 1. The van der Waals surface area contributed by atoms with Gasteiger partial charge in [-0.1, -0.05) is 16.8 Å². The Bertz CT molecular complexity index is 861. The molecule has 0 atom stereocenters. The molecule has 2 aromatic heterocycles. The zero-order chi connectivity index (χ0) is 17.8. The lowest BCUT2D eigenvalue weighted by atomic mass is 10.2. The number of benzene rings is 1. The Morgan fingerprint density at radius 2 is 2.20 bits per heavy atom. The van der Waals surface area contributed by atoms with E-state index in [1.807, 2.05) is 41.9 Å². The van der Waals surface area contributed by atoms with Crippen LogP contribution >= 0.6 is 22.9 Å². The molecule has 0 aliphatic heterocycles. The van der Waals surface area contributed by atoms with Crippen molar-refractivity contribution in [1.82, 2.24) is 10.1 Å². The number of anilines is 2. The van der Waals surface area contributed by atoms with Crippen molar-refractivity contribution in [2.45, 2.75) is 12.8 Å². The summed E-state index contributed by atoms with van der Waals surface area (Å²) < 4.78 is 5.20. The highest BCUT2D eigenvalue weighted by Crippen LogP contribution is 2.28. The van der Waals surface area contributed by atoms with Crippen LogP contribution in [0.5, 0.6) is 0 Å². The molecule has 0 radical (unpaired) electrons. The number of hydrogen-bond donors (Lipinski definition) is 1. The largest absolute Gasteiger partial charge is 0.376 e. The van der Waals surface area contributed by atoms with Gasteiger partial charge in [-0.2, -0.15) is 16.3 Å². The van der Waals surface area contributed by atoms with Gasteiger partial charge in [0.15, 0.2) is 0 Å². The topological polar surface area (TPSA) is 71.3 Å². The average Bonchev–Trinajstić information content (AvgIpc) is 3.24. The zero-order valence-corrected chi connectivity index (χ0v) is 15.4. The number of nitrogens with zero attached hydrogens (tertiary/aromatic N) is 3. The van der Waals surface area contributed by atoms with Crippen LogP contribution in [0.1, 0.15) is 12.3 Å². The molecule has 6 nitrogen and oxygen atoms in total. The van der Waals surface area contributed by atoms with Crippen molar-refractivity contribution in [2.24, 2.45) is 0 Å². The van der Waals surface area contributed by atoms with E-state index in [0.29, 0.717) is 28.8 Å². The summed E-state index contributed by atoms with van der Waals surface area (Å²) in [6, 6.07) is 7.31. The van der Waals surface area contributed by atoms with E-state index in [-0.39, 0.29) is 12.3 Å². The first-order valence-corrected chi connectivity index (χ1v) is 8.97. The summed E-state index contributed by atoms with van der Waals surface area (Å²) >= 11 is 7.59. The minimum atomic E-state index is -0.138. The predicted molar refractivity (Wildman–Crippen MR) is 100 cm³/mol. The van der Waals surface area contributed by atoms with Gasteiger partial charge in [0.25, 0.3) is 0 Å². The molecule has 130 valence electrons. The fourth-order valence-electron chi connectivity index (χ4n) is 2.30. The van der Waals surface area contributed by atoms with E-state index in [1.165, 1.54) is 0 Å². The highest BCUT2D eigenvalue weighted by molar-refractivity contribution is 7.08. The second-order valence-electron chi connectivity index (χ2n) is 5.63. The molecule has 8 heteroatoms. The van der Waals surface area contributed by atoms with E-state index in [9.17, 15) is 4.79 Å². The Morgan fingerprint density at radius 3 is 2.92 bits per heavy atom. The molecule has 25 heavy (non-hydrogen) atoms. The SMILES string of the molecule is CN(C)c1ccc(Cl)cc1NC(=O)CCc1nc(-c2ccsc2)no1. The smallest absolute Gasteiger partial charge is 0.227 e. The van der Waals surface area contributed by atoms with Gasteiger partial charge in [0, 0.05) is 42.9 Å². The van der Waals surface area contributed by atoms with Crippen molar-refractivity contribution in [1.29, 1.82) is 0 Å². The third-order valence-electron chi connectivity index (χ3n) is 3.53. The molecule has 0 fully saturated rings. The average molecular weight is 377 g/mol. The molecule has 3 rings (SSSR count). The van der Waals surface area contributed by atoms with Crippen molar-refractivity contribution in [3.05, 3.63) is 45.9 Å². The Labute approximate surface area is 154 Å². The molecular weight excluding hydrogens is 360 g/mol. The molecule has 0 saturated heterocycles. The Balaban J connectivity index is 1.61. The van der Waals surface area contributed by atoms with Gasteiger partial charge in [-0.15, -0.1) is 0 Å². The van der Waals surface area contributed by atoms with E-state index in [0.717, 1.165) is 11.3 Å². The quantitative estimate of drug-likeness (QED) is 0.701. The van der Waals surface area contributed by atoms with Crippen molar-refractivity contribution < 1.29 is 9.32 Å². The molecule has 0 bridgehead atoms. The first kappa shape index (κ1) is 17.4. The first-order valence-electron chi connectivity index (χ1n) is 7.65. The lowest BCUT2D eigenvalue weighted by Gasteiger charge is -2.18. The van der Waals surface area contributed by atoms with E-state index < -0.39 is 0 Å². The summed E-state index contributed by atoms with van der Waals surface area (Å²) in [5, 5.41) is 11.3. The monoisotopic (exact) mass is 376 g/mol. The van der Waals surface area contributed by atoms with Gasteiger partial charge in [0.05, 0.1) is 11.4 Å². The summed E-state index contributed by atoms with van der Waals surface area (Å²) in [5.74, 6) is 0.845. The molecule has 0 aliphatic rings. The van der Waals surface area contributed by atoms with Crippen LogP contribution in [0, 0.1) is 0 Å². The molecule has 3 aromatic rings. The number of thiophene rings is 1. The van der Waals surface area contributed by atoms with Crippen molar-refractivity contribution >= 4 is 40.2 Å². The number of halogens is 1. The third kappa shape index (κ3) is 4.37. The molecule has 1 aromatic carbocycles. The fourth-order valence-corrected chi connectivity index (χ4v) is 3.10. The minimum absolute atomic E-state index is 0.138. The zero-order valence-electron chi connectivity index (χ0n) is 13.8. The molecule has 0 unspecified atom stereocenters. The molecule has 0 aliphatic carbocycles. The Kier molecular flexibility index (Phi) is 5.35. The maximum atomic E-state index is 12.2. The Morgan fingerprint density at radius 1 is 1.36 bits per heavy atom. The highest BCUT2D eigenvalue weighted by atomic mass is 35.5. The van der Waals surface area contributed by atoms with E-state index in [1.54, 1.807) is 23.5 Å². The van der Waals surface area contributed by atoms with Crippen LogP contribution in [0.2, 0.25) is 5.02 Å².